The number of aliphatic carboxylic acids is 1. The molecule has 0 radical (unpaired) electrons. The minimum atomic E-state index is -1.37. The van der Waals surface area contributed by atoms with E-state index in [1.54, 1.807) is 71.0 Å². The SMILES string of the molecule is C[C@H](c1ccccc1)[C@@H]1NC(=O)CNC(=O)[C@@H](NC(=O)[C@@H](N)Cc2ccc(O)cc2)C(C)(C)SSC(C)(C)[C@@H](C(=O)O)NC1=O. The molecule has 1 aliphatic rings. The van der Waals surface area contributed by atoms with Crippen LogP contribution in [0.15, 0.2) is 54.6 Å². The van der Waals surface area contributed by atoms with Crippen molar-refractivity contribution in [2.24, 2.45) is 5.73 Å². The highest BCUT2D eigenvalue weighted by Gasteiger charge is 2.44. The van der Waals surface area contributed by atoms with E-state index in [1.807, 2.05) is 6.07 Å². The molecule has 0 saturated carbocycles. The molecule has 14 heteroatoms. The van der Waals surface area contributed by atoms with E-state index in [4.69, 9.17) is 5.73 Å². The van der Waals surface area contributed by atoms with Crippen LogP contribution < -0.4 is 27.0 Å². The smallest absolute Gasteiger partial charge is 0.327 e. The van der Waals surface area contributed by atoms with Crippen LogP contribution in [0.1, 0.15) is 51.7 Å². The highest BCUT2D eigenvalue weighted by atomic mass is 33.1. The Morgan fingerprint density at radius 1 is 0.956 bits per heavy atom. The molecule has 1 fully saturated rings. The number of carboxylic acids is 1. The quantitative estimate of drug-likeness (QED) is 0.215. The summed E-state index contributed by atoms with van der Waals surface area (Å²) < 4.78 is -2.16. The number of nitrogens with one attached hydrogen (secondary N) is 4. The van der Waals surface area contributed by atoms with Gasteiger partial charge in [0.25, 0.3) is 0 Å². The third-order valence-corrected chi connectivity index (χ3v) is 11.8. The van der Waals surface area contributed by atoms with Crippen molar-refractivity contribution in [1.82, 2.24) is 21.3 Å². The summed E-state index contributed by atoms with van der Waals surface area (Å²) in [6.07, 6.45) is 0.138. The van der Waals surface area contributed by atoms with Gasteiger partial charge in [-0.05, 0) is 57.4 Å². The molecular weight excluding hydrogens is 619 g/mol. The summed E-state index contributed by atoms with van der Waals surface area (Å²) in [6, 6.07) is 10.5. The summed E-state index contributed by atoms with van der Waals surface area (Å²) in [7, 11) is 2.32. The minimum absolute atomic E-state index is 0.0713. The van der Waals surface area contributed by atoms with E-state index >= 15 is 0 Å². The first kappa shape index (κ1) is 35.7. The number of rotatable bonds is 7. The van der Waals surface area contributed by atoms with Crippen LogP contribution in [0.2, 0.25) is 0 Å². The zero-order valence-corrected chi connectivity index (χ0v) is 27.5. The van der Waals surface area contributed by atoms with Gasteiger partial charge < -0.3 is 37.2 Å². The monoisotopic (exact) mass is 659 g/mol. The predicted molar refractivity (Wildman–Crippen MR) is 174 cm³/mol. The zero-order chi connectivity index (χ0) is 33.5. The van der Waals surface area contributed by atoms with Crippen LogP contribution in [0.3, 0.4) is 0 Å². The van der Waals surface area contributed by atoms with Gasteiger partial charge in [0, 0.05) is 10.7 Å². The van der Waals surface area contributed by atoms with Crippen molar-refractivity contribution in [3.05, 3.63) is 65.7 Å². The van der Waals surface area contributed by atoms with Crippen molar-refractivity contribution in [3.63, 3.8) is 0 Å². The van der Waals surface area contributed by atoms with Gasteiger partial charge in [0.15, 0.2) is 0 Å². The summed E-state index contributed by atoms with van der Waals surface area (Å²) >= 11 is 0. The molecule has 1 aliphatic heterocycles. The van der Waals surface area contributed by atoms with E-state index < -0.39 is 75.7 Å². The van der Waals surface area contributed by atoms with Crippen molar-refractivity contribution in [3.8, 4) is 5.75 Å². The van der Waals surface area contributed by atoms with Gasteiger partial charge in [-0.25, -0.2) is 4.79 Å². The van der Waals surface area contributed by atoms with Crippen LogP contribution in [0.5, 0.6) is 5.75 Å². The maximum absolute atomic E-state index is 13.6. The van der Waals surface area contributed by atoms with Crippen LogP contribution in [0, 0.1) is 0 Å². The third kappa shape index (κ3) is 9.62. The number of carbonyl (C=O) groups is 5. The fourth-order valence-electron chi connectivity index (χ4n) is 4.72. The van der Waals surface area contributed by atoms with E-state index in [9.17, 15) is 34.2 Å². The van der Waals surface area contributed by atoms with Crippen LogP contribution in [-0.4, -0.2) is 80.0 Å². The van der Waals surface area contributed by atoms with E-state index in [0.29, 0.717) is 5.56 Å². The standard InChI is InChI=1S/C31H41N5O7S2/c1-17(19-9-7-6-8-10-19)23-27(40)36-25(29(42)43)31(4,5)45-44-30(2,3)24(28(41)33-16-22(38)34-23)35-26(39)21(32)15-18-11-13-20(37)14-12-18/h6-14,17,21,23-25,37H,15-16,32H2,1-5H3,(H,33,41)(H,34,38)(H,35,39)(H,36,40)(H,42,43)/t17-,21+,23+,24-,25-/m1/s1. The first-order valence-electron chi connectivity index (χ1n) is 14.4. The van der Waals surface area contributed by atoms with E-state index in [0.717, 1.165) is 16.4 Å². The Morgan fingerprint density at radius 3 is 2.16 bits per heavy atom. The minimum Gasteiger partial charge on any atom is -0.508 e. The number of carbonyl (C=O) groups excluding carboxylic acids is 4. The summed E-state index contributed by atoms with van der Waals surface area (Å²) in [5.74, 6) is -4.37. The van der Waals surface area contributed by atoms with E-state index in [-0.39, 0.29) is 12.2 Å². The van der Waals surface area contributed by atoms with E-state index in [1.165, 1.54) is 22.9 Å². The lowest BCUT2D eigenvalue weighted by molar-refractivity contribution is -0.143. The molecule has 1 saturated heterocycles. The molecule has 244 valence electrons. The maximum atomic E-state index is 13.6. The normalized spacial score (nSPS) is 23.7. The predicted octanol–water partition coefficient (Wildman–Crippen LogP) is 1.67. The van der Waals surface area contributed by atoms with Gasteiger partial charge in [0.1, 0.15) is 23.9 Å². The largest absolute Gasteiger partial charge is 0.508 e. The van der Waals surface area contributed by atoms with Gasteiger partial charge >= 0.3 is 5.97 Å². The lowest BCUT2D eigenvalue weighted by Gasteiger charge is -2.38. The van der Waals surface area contributed by atoms with Gasteiger partial charge in [-0.1, -0.05) is 71.0 Å². The lowest BCUT2D eigenvalue weighted by atomic mass is 9.91. The Morgan fingerprint density at radius 2 is 1.56 bits per heavy atom. The van der Waals surface area contributed by atoms with Gasteiger partial charge in [0.2, 0.25) is 23.6 Å². The van der Waals surface area contributed by atoms with Crippen molar-refractivity contribution < 1.29 is 34.2 Å². The van der Waals surface area contributed by atoms with E-state index in [2.05, 4.69) is 21.3 Å². The second kappa shape index (κ2) is 15.0. The van der Waals surface area contributed by atoms with Crippen molar-refractivity contribution in [2.75, 3.05) is 6.54 Å². The first-order valence-corrected chi connectivity index (χ1v) is 16.5. The topological polar surface area (TPSA) is 200 Å². The van der Waals surface area contributed by atoms with Gasteiger partial charge in [-0.3, -0.25) is 19.2 Å². The third-order valence-electron chi connectivity index (χ3n) is 7.52. The molecule has 1 heterocycles. The Hall–Kier alpha value is -3.75. The molecule has 12 nitrogen and oxygen atoms in total. The number of phenols is 1. The average molecular weight is 660 g/mol. The molecule has 0 aromatic heterocycles. The molecule has 8 N–H and O–H groups in total. The molecule has 0 aliphatic carbocycles. The number of hydrogen-bond donors (Lipinski definition) is 7. The van der Waals surface area contributed by atoms with Gasteiger partial charge in [-0.15, -0.1) is 0 Å². The van der Waals surface area contributed by atoms with Crippen molar-refractivity contribution in [1.29, 1.82) is 0 Å². The summed E-state index contributed by atoms with van der Waals surface area (Å²) in [4.78, 5) is 65.9. The van der Waals surface area contributed by atoms with Crippen LogP contribution in [0.4, 0.5) is 0 Å². The first-order chi connectivity index (χ1) is 21.0. The fraction of sp³-hybridized carbons (Fsp3) is 0.452. The highest BCUT2D eigenvalue weighted by Crippen LogP contribution is 2.46. The molecule has 45 heavy (non-hydrogen) atoms. The number of hydrogen-bond acceptors (Lipinski definition) is 9. The molecular formula is C31H41N5O7S2. The van der Waals surface area contributed by atoms with Gasteiger partial charge in [-0.2, -0.15) is 0 Å². The number of nitrogens with two attached hydrogens (primary N) is 1. The Balaban J connectivity index is 1.91. The molecule has 0 spiro atoms. The molecule has 4 amide bonds. The summed E-state index contributed by atoms with van der Waals surface area (Å²) in [6.45, 7) is 7.95. The lowest BCUT2D eigenvalue weighted by Crippen LogP contribution is -2.62. The number of benzene rings is 2. The molecule has 0 bridgehead atoms. The molecule has 3 rings (SSSR count). The fourth-order valence-corrected chi connectivity index (χ4v) is 7.53. The zero-order valence-electron chi connectivity index (χ0n) is 25.8. The highest BCUT2D eigenvalue weighted by molar-refractivity contribution is 8.77. The maximum Gasteiger partial charge on any atom is 0.327 e. The Labute approximate surface area is 270 Å². The molecule has 5 atom stereocenters. The average Bonchev–Trinajstić information content (AvgIpc) is 2.99. The number of amides is 4. The second-order valence-electron chi connectivity index (χ2n) is 12.0. The Kier molecular flexibility index (Phi) is 11.9. The van der Waals surface area contributed by atoms with Crippen LogP contribution in [-0.2, 0) is 30.4 Å². The Bertz CT molecular complexity index is 1390. The number of phenolic OH excluding ortho intramolecular Hbond substituents is 1. The van der Waals surface area contributed by atoms with Gasteiger partial charge in [0.05, 0.1) is 17.3 Å². The molecule has 2 aromatic rings. The second-order valence-corrected chi connectivity index (χ2v) is 15.5. The van der Waals surface area contributed by atoms with Crippen molar-refractivity contribution in [2.45, 2.75) is 80.6 Å². The molecule has 0 unspecified atom stereocenters. The summed E-state index contributed by atoms with van der Waals surface area (Å²) in [5.41, 5.74) is 7.63. The number of aromatic hydroxyl groups is 1. The molecule has 2 aromatic carbocycles. The number of carboxylic acid groups (broad SMARTS) is 1. The van der Waals surface area contributed by atoms with Crippen LogP contribution >= 0.6 is 21.6 Å². The van der Waals surface area contributed by atoms with Crippen LogP contribution in [0.25, 0.3) is 0 Å². The van der Waals surface area contributed by atoms with Crippen molar-refractivity contribution >= 4 is 51.2 Å². The summed E-state index contributed by atoms with van der Waals surface area (Å²) in [5, 5.41) is 30.3.